The fraction of sp³-hybridized carbons (Fsp3) is 0.318. The second-order valence-corrected chi connectivity index (χ2v) is 6.57. The van der Waals surface area contributed by atoms with Crippen LogP contribution in [0.3, 0.4) is 0 Å². The van der Waals surface area contributed by atoms with Gasteiger partial charge in [0.25, 0.3) is 6.43 Å². The molecule has 0 radical (unpaired) electrons. The van der Waals surface area contributed by atoms with Gasteiger partial charge in [-0.1, -0.05) is 67.1 Å². The van der Waals surface area contributed by atoms with E-state index in [9.17, 15) is 13.6 Å². The van der Waals surface area contributed by atoms with Gasteiger partial charge in [-0.2, -0.15) is 0 Å². The normalized spacial score (nSPS) is 16.2. The Morgan fingerprint density at radius 2 is 1.69 bits per heavy atom. The minimum Gasteiger partial charge on any atom is -0.465 e. The van der Waals surface area contributed by atoms with Crippen LogP contribution < -0.4 is 0 Å². The third kappa shape index (κ3) is 3.69. The van der Waals surface area contributed by atoms with E-state index in [0.29, 0.717) is 18.4 Å². The van der Waals surface area contributed by atoms with Crippen molar-refractivity contribution in [1.82, 2.24) is 0 Å². The molecule has 0 amide bonds. The highest BCUT2D eigenvalue weighted by atomic mass is 19.3. The average molecular weight is 356 g/mol. The topological polar surface area (TPSA) is 26.3 Å². The molecule has 2 aromatic carbocycles. The van der Waals surface area contributed by atoms with E-state index >= 15 is 0 Å². The molecule has 136 valence electrons. The van der Waals surface area contributed by atoms with Gasteiger partial charge in [-0.25, -0.2) is 8.78 Å². The van der Waals surface area contributed by atoms with Crippen molar-refractivity contribution in [3.8, 4) is 11.1 Å². The molecule has 2 aromatic rings. The number of esters is 1. The smallest absolute Gasteiger partial charge is 0.315 e. The standard InChI is InChI=1S/C22H22F2O2/c1-2-26-21(25)22(13-6-14-22)15-19(20(23)24)18-11-9-17(10-12-18)16-7-4-3-5-8-16/h3-5,7-12,15,20H,2,6,13-14H2,1H3/b19-15+. The van der Waals surface area contributed by atoms with Crippen molar-refractivity contribution in [2.24, 2.45) is 5.41 Å². The average Bonchev–Trinajstić information content (AvgIpc) is 2.62. The quantitative estimate of drug-likeness (QED) is 0.617. The molecular formula is C22H22F2O2. The Bertz CT molecular complexity index is 776. The van der Waals surface area contributed by atoms with Crippen LogP contribution in [0.25, 0.3) is 16.7 Å². The van der Waals surface area contributed by atoms with Gasteiger partial charge < -0.3 is 4.74 Å². The fourth-order valence-electron chi connectivity index (χ4n) is 3.30. The maximum absolute atomic E-state index is 13.7. The lowest BCUT2D eigenvalue weighted by Crippen LogP contribution is -2.38. The molecule has 0 saturated heterocycles. The van der Waals surface area contributed by atoms with E-state index in [-0.39, 0.29) is 12.2 Å². The van der Waals surface area contributed by atoms with Crippen molar-refractivity contribution < 1.29 is 18.3 Å². The largest absolute Gasteiger partial charge is 0.465 e. The van der Waals surface area contributed by atoms with Crippen LogP contribution in [0.5, 0.6) is 0 Å². The van der Waals surface area contributed by atoms with Gasteiger partial charge in [0.2, 0.25) is 0 Å². The first-order chi connectivity index (χ1) is 12.6. The monoisotopic (exact) mass is 356 g/mol. The Kier molecular flexibility index (Phi) is 5.50. The number of hydrogen-bond acceptors (Lipinski definition) is 2. The molecule has 0 aliphatic heterocycles. The van der Waals surface area contributed by atoms with Crippen LogP contribution in [-0.2, 0) is 9.53 Å². The molecule has 1 aliphatic carbocycles. The summed E-state index contributed by atoms with van der Waals surface area (Å²) in [5.74, 6) is -0.398. The molecule has 0 spiro atoms. The van der Waals surface area contributed by atoms with Crippen molar-refractivity contribution in [2.75, 3.05) is 6.61 Å². The molecule has 3 rings (SSSR count). The molecule has 4 heteroatoms. The summed E-state index contributed by atoms with van der Waals surface area (Å²) in [6.45, 7) is 1.98. The zero-order valence-corrected chi connectivity index (χ0v) is 14.8. The van der Waals surface area contributed by atoms with Gasteiger partial charge in [0.15, 0.2) is 0 Å². The van der Waals surface area contributed by atoms with E-state index in [1.807, 2.05) is 42.5 Å². The third-order valence-corrected chi connectivity index (χ3v) is 4.92. The molecule has 0 atom stereocenters. The predicted octanol–water partition coefficient (Wildman–Crippen LogP) is 5.74. The highest BCUT2D eigenvalue weighted by molar-refractivity contribution is 5.84. The summed E-state index contributed by atoms with van der Waals surface area (Å²) in [5.41, 5.74) is 1.43. The number of halogens is 2. The predicted molar refractivity (Wildman–Crippen MR) is 98.8 cm³/mol. The molecule has 0 bridgehead atoms. The lowest BCUT2D eigenvalue weighted by molar-refractivity contribution is -0.156. The maximum atomic E-state index is 13.7. The Balaban J connectivity index is 1.92. The van der Waals surface area contributed by atoms with Gasteiger partial charge in [-0.05, 0) is 36.5 Å². The number of allylic oxidation sites excluding steroid dienone is 1. The van der Waals surface area contributed by atoms with Crippen molar-refractivity contribution in [3.63, 3.8) is 0 Å². The van der Waals surface area contributed by atoms with Crippen molar-refractivity contribution in [2.45, 2.75) is 32.6 Å². The van der Waals surface area contributed by atoms with Crippen LogP contribution >= 0.6 is 0 Å². The van der Waals surface area contributed by atoms with Crippen LogP contribution in [0.4, 0.5) is 8.78 Å². The zero-order valence-electron chi connectivity index (χ0n) is 14.8. The second-order valence-electron chi connectivity index (χ2n) is 6.57. The highest BCUT2D eigenvalue weighted by Crippen LogP contribution is 2.46. The van der Waals surface area contributed by atoms with Crippen molar-refractivity contribution >= 4 is 11.5 Å². The fourth-order valence-corrected chi connectivity index (χ4v) is 3.30. The molecule has 1 saturated carbocycles. The molecule has 2 nitrogen and oxygen atoms in total. The number of rotatable bonds is 6. The minimum absolute atomic E-state index is 0.0997. The Morgan fingerprint density at radius 1 is 1.08 bits per heavy atom. The summed E-state index contributed by atoms with van der Waals surface area (Å²) in [6, 6.07) is 16.8. The summed E-state index contributed by atoms with van der Waals surface area (Å²) in [4.78, 5) is 12.3. The molecule has 1 aliphatic rings. The Morgan fingerprint density at radius 3 is 2.19 bits per heavy atom. The molecule has 0 aromatic heterocycles. The van der Waals surface area contributed by atoms with E-state index in [1.165, 1.54) is 6.08 Å². The molecule has 0 heterocycles. The van der Waals surface area contributed by atoms with Gasteiger partial charge in [0, 0.05) is 5.57 Å². The molecule has 0 unspecified atom stereocenters. The zero-order chi connectivity index (χ0) is 18.6. The van der Waals surface area contributed by atoms with E-state index in [4.69, 9.17) is 4.74 Å². The first-order valence-electron chi connectivity index (χ1n) is 8.90. The van der Waals surface area contributed by atoms with Crippen LogP contribution in [0.15, 0.2) is 60.7 Å². The SMILES string of the molecule is CCOC(=O)C1(/C=C(\c2ccc(-c3ccccc3)cc2)C(F)F)CCC1. The van der Waals surface area contributed by atoms with Gasteiger partial charge >= 0.3 is 5.97 Å². The molecule has 1 fully saturated rings. The number of ether oxygens (including phenoxy) is 1. The van der Waals surface area contributed by atoms with Crippen LogP contribution in [0.1, 0.15) is 31.7 Å². The summed E-state index contributed by atoms with van der Waals surface area (Å²) in [5, 5.41) is 0. The van der Waals surface area contributed by atoms with Gasteiger partial charge in [-0.3, -0.25) is 4.79 Å². The van der Waals surface area contributed by atoms with Crippen LogP contribution in [-0.4, -0.2) is 19.0 Å². The first-order valence-corrected chi connectivity index (χ1v) is 8.90. The highest BCUT2D eigenvalue weighted by Gasteiger charge is 2.44. The van der Waals surface area contributed by atoms with Crippen molar-refractivity contribution in [3.05, 3.63) is 66.2 Å². The molecular weight excluding hydrogens is 334 g/mol. The van der Waals surface area contributed by atoms with E-state index in [1.54, 1.807) is 19.1 Å². The first kappa shape index (κ1) is 18.3. The number of carbonyl (C=O) groups is 1. The summed E-state index contributed by atoms with van der Waals surface area (Å²) in [6.07, 6.45) is 0.758. The van der Waals surface area contributed by atoms with E-state index < -0.39 is 17.8 Å². The van der Waals surface area contributed by atoms with E-state index in [2.05, 4.69) is 0 Å². The third-order valence-electron chi connectivity index (χ3n) is 4.92. The maximum Gasteiger partial charge on any atom is 0.315 e. The minimum atomic E-state index is -2.65. The second kappa shape index (κ2) is 7.81. The van der Waals surface area contributed by atoms with E-state index in [0.717, 1.165) is 17.5 Å². The molecule has 0 N–H and O–H groups in total. The lowest BCUT2D eigenvalue weighted by Gasteiger charge is -2.37. The summed E-state index contributed by atoms with van der Waals surface area (Å²) < 4.78 is 32.6. The Labute approximate surface area is 152 Å². The number of hydrogen-bond donors (Lipinski definition) is 0. The van der Waals surface area contributed by atoms with Gasteiger partial charge in [0.1, 0.15) is 0 Å². The lowest BCUT2D eigenvalue weighted by atomic mass is 9.67. The summed E-state index contributed by atoms with van der Waals surface area (Å²) in [7, 11) is 0. The summed E-state index contributed by atoms with van der Waals surface area (Å²) >= 11 is 0. The number of carbonyl (C=O) groups excluding carboxylic acids is 1. The number of alkyl halides is 2. The van der Waals surface area contributed by atoms with Crippen molar-refractivity contribution in [1.29, 1.82) is 0 Å². The Hall–Kier alpha value is -2.49. The number of benzene rings is 2. The van der Waals surface area contributed by atoms with Crippen LogP contribution in [0, 0.1) is 5.41 Å². The van der Waals surface area contributed by atoms with Crippen LogP contribution in [0.2, 0.25) is 0 Å². The van der Waals surface area contributed by atoms with Gasteiger partial charge in [0.05, 0.1) is 12.0 Å². The van der Waals surface area contributed by atoms with Gasteiger partial charge in [-0.15, -0.1) is 0 Å². The molecule has 26 heavy (non-hydrogen) atoms.